The van der Waals surface area contributed by atoms with Crippen molar-refractivity contribution in [2.75, 3.05) is 0 Å². The monoisotopic (exact) mass is 338 g/mol. The van der Waals surface area contributed by atoms with Crippen LogP contribution in [-0.4, -0.2) is 18.2 Å². The zero-order chi connectivity index (χ0) is 17.6. The molecule has 24 heavy (non-hydrogen) atoms. The molecule has 0 saturated heterocycles. The summed E-state index contributed by atoms with van der Waals surface area (Å²) in [4.78, 5) is 12.3. The first-order chi connectivity index (χ1) is 11.4. The van der Waals surface area contributed by atoms with Gasteiger partial charge in [-0.25, -0.2) is 4.79 Å². The van der Waals surface area contributed by atoms with Crippen LogP contribution in [0.15, 0.2) is 42.5 Å². The largest absolute Gasteiger partial charge is 0.449 e. The molecule has 0 aromatic heterocycles. The lowest BCUT2D eigenvalue weighted by Gasteiger charge is -2.21. The van der Waals surface area contributed by atoms with Gasteiger partial charge in [-0.2, -0.15) is 13.2 Å². The highest BCUT2D eigenvalue weighted by Crippen LogP contribution is 2.29. The molecule has 0 spiro atoms. The van der Waals surface area contributed by atoms with Crippen LogP contribution < -0.4 is 0 Å². The molecule has 0 aliphatic heterocycles. The average molecular weight is 338 g/mol. The van der Waals surface area contributed by atoms with E-state index in [-0.39, 0.29) is 12.0 Å². The summed E-state index contributed by atoms with van der Waals surface area (Å²) in [5, 5.41) is 1.38. The van der Waals surface area contributed by atoms with Gasteiger partial charge in [0.15, 0.2) is 6.10 Å². The Morgan fingerprint density at radius 2 is 1.75 bits per heavy atom. The van der Waals surface area contributed by atoms with Crippen molar-refractivity contribution in [1.29, 1.82) is 0 Å². The summed E-state index contributed by atoms with van der Waals surface area (Å²) >= 11 is 0. The van der Waals surface area contributed by atoms with Gasteiger partial charge in [0.2, 0.25) is 0 Å². The van der Waals surface area contributed by atoms with Crippen LogP contribution in [0, 0.1) is 0 Å². The fraction of sp³-hybridized carbons (Fsp3) is 0.421. The van der Waals surface area contributed by atoms with Crippen LogP contribution in [0.5, 0.6) is 0 Å². The minimum Gasteiger partial charge on any atom is -0.449 e. The van der Waals surface area contributed by atoms with E-state index in [1.165, 1.54) is 6.07 Å². The molecule has 130 valence electrons. The van der Waals surface area contributed by atoms with Gasteiger partial charge in [-0.1, -0.05) is 62.6 Å². The van der Waals surface area contributed by atoms with Crippen LogP contribution in [0.4, 0.5) is 13.2 Å². The number of carbonyl (C=O) groups is 1. The maximum absolute atomic E-state index is 13.1. The van der Waals surface area contributed by atoms with E-state index in [0.29, 0.717) is 18.2 Å². The molecule has 0 heterocycles. The van der Waals surface area contributed by atoms with Gasteiger partial charge in [0, 0.05) is 0 Å². The highest BCUT2D eigenvalue weighted by molar-refractivity contribution is 6.04. The van der Waals surface area contributed by atoms with Crippen LogP contribution in [0.3, 0.4) is 0 Å². The molecule has 0 fully saturated rings. The van der Waals surface area contributed by atoms with Crippen LogP contribution in [0.25, 0.3) is 10.8 Å². The maximum atomic E-state index is 13.1. The normalized spacial score (nSPS) is 13.0. The second-order valence-corrected chi connectivity index (χ2v) is 5.81. The van der Waals surface area contributed by atoms with Gasteiger partial charge >= 0.3 is 12.1 Å². The molecule has 2 aromatic rings. The molecule has 0 aliphatic rings. The fourth-order valence-corrected chi connectivity index (χ4v) is 2.64. The van der Waals surface area contributed by atoms with Crippen molar-refractivity contribution < 1.29 is 22.7 Å². The number of alkyl halides is 3. The summed E-state index contributed by atoms with van der Waals surface area (Å²) in [5.74, 6) is -0.926. The van der Waals surface area contributed by atoms with Crippen molar-refractivity contribution in [1.82, 2.24) is 0 Å². The van der Waals surface area contributed by atoms with Gasteiger partial charge in [-0.05, 0) is 29.7 Å². The van der Waals surface area contributed by atoms with E-state index in [0.717, 1.165) is 18.2 Å². The number of fused-ring (bicyclic) bond motifs is 1. The van der Waals surface area contributed by atoms with Crippen molar-refractivity contribution in [3.05, 3.63) is 48.0 Å². The SMILES string of the molecule is CCCCCC[C@@H](OC(=O)c1cccc2ccccc12)C(F)(F)F. The summed E-state index contributed by atoms with van der Waals surface area (Å²) in [6, 6.07) is 12.0. The lowest BCUT2D eigenvalue weighted by molar-refractivity contribution is -0.206. The predicted octanol–water partition coefficient (Wildman–Crippen LogP) is 5.90. The Hall–Kier alpha value is -2.04. The van der Waals surface area contributed by atoms with Gasteiger partial charge in [-0.15, -0.1) is 0 Å². The summed E-state index contributed by atoms with van der Waals surface area (Å²) in [5.41, 5.74) is 0.163. The van der Waals surface area contributed by atoms with E-state index in [1.807, 2.05) is 13.0 Å². The molecule has 0 radical (unpaired) electrons. The highest BCUT2D eigenvalue weighted by Gasteiger charge is 2.42. The molecule has 1 atom stereocenters. The fourth-order valence-electron chi connectivity index (χ4n) is 2.64. The van der Waals surface area contributed by atoms with Crippen molar-refractivity contribution in [3.63, 3.8) is 0 Å². The second-order valence-electron chi connectivity index (χ2n) is 5.81. The predicted molar refractivity (Wildman–Crippen MR) is 88.0 cm³/mol. The zero-order valence-electron chi connectivity index (χ0n) is 13.6. The Kier molecular flexibility index (Phi) is 6.23. The van der Waals surface area contributed by atoms with Gasteiger partial charge in [-0.3, -0.25) is 0 Å². The first-order valence-electron chi connectivity index (χ1n) is 8.19. The number of esters is 1. The smallest absolute Gasteiger partial charge is 0.425 e. The summed E-state index contributed by atoms with van der Waals surface area (Å²) < 4.78 is 44.3. The van der Waals surface area contributed by atoms with Crippen LogP contribution in [-0.2, 0) is 4.74 Å². The van der Waals surface area contributed by atoms with Crippen molar-refractivity contribution in [3.8, 4) is 0 Å². The highest BCUT2D eigenvalue weighted by atomic mass is 19.4. The molecule has 0 aliphatic carbocycles. The number of ether oxygens (including phenoxy) is 1. The number of hydrogen-bond acceptors (Lipinski definition) is 2. The topological polar surface area (TPSA) is 26.3 Å². The van der Waals surface area contributed by atoms with E-state index in [4.69, 9.17) is 4.74 Å². The molecular formula is C19H21F3O2. The third-order valence-electron chi connectivity index (χ3n) is 3.94. The number of unbranched alkanes of at least 4 members (excludes halogenated alkanes) is 3. The number of benzene rings is 2. The molecule has 0 N–H and O–H groups in total. The van der Waals surface area contributed by atoms with Crippen LogP contribution >= 0.6 is 0 Å². The first-order valence-corrected chi connectivity index (χ1v) is 8.19. The molecule has 0 bridgehead atoms. The van der Waals surface area contributed by atoms with Crippen molar-refractivity contribution in [2.24, 2.45) is 0 Å². The lowest BCUT2D eigenvalue weighted by atomic mass is 10.0. The zero-order valence-corrected chi connectivity index (χ0v) is 13.6. The average Bonchev–Trinajstić information content (AvgIpc) is 2.56. The number of rotatable bonds is 7. The van der Waals surface area contributed by atoms with Gasteiger partial charge in [0.05, 0.1) is 5.56 Å². The van der Waals surface area contributed by atoms with E-state index in [9.17, 15) is 18.0 Å². The Morgan fingerprint density at radius 1 is 1.04 bits per heavy atom. The number of halogens is 3. The summed E-state index contributed by atoms with van der Waals surface area (Å²) in [6.07, 6.45) is -3.89. The minimum absolute atomic E-state index is 0.163. The quantitative estimate of drug-likeness (QED) is 0.464. The minimum atomic E-state index is -4.55. The third kappa shape index (κ3) is 4.73. The van der Waals surface area contributed by atoms with E-state index >= 15 is 0 Å². The standard InChI is InChI=1S/C19H21F3O2/c1-2-3-4-5-13-17(19(20,21)22)24-18(23)16-12-8-10-14-9-6-7-11-15(14)16/h6-12,17H,2-5,13H2,1H3/t17-/m1/s1. The Balaban J connectivity index is 2.14. The summed E-state index contributed by atoms with van der Waals surface area (Å²) in [7, 11) is 0. The van der Waals surface area contributed by atoms with Crippen LogP contribution in [0.2, 0.25) is 0 Å². The second kappa shape index (κ2) is 8.18. The number of hydrogen-bond donors (Lipinski definition) is 0. The van der Waals surface area contributed by atoms with Gasteiger partial charge in [0.25, 0.3) is 0 Å². The lowest BCUT2D eigenvalue weighted by Crippen LogP contribution is -2.34. The summed E-state index contributed by atoms with van der Waals surface area (Å²) in [6.45, 7) is 1.99. The van der Waals surface area contributed by atoms with E-state index in [2.05, 4.69) is 0 Å². The molecule has 2 nitrogen and oxygen atoms in total. The van der Waals surface area contributed by atoms with E-state index in [1.54, 1.807) is 30.3 Å². The molecule has 5 heteroatoms. The van der Waals surface area contributed by atoms with Gasteiger partial charge < -0.3 is 4.74 Å². The van der Waals surface area contributed by atoms with E-state index < -0.39 is 18.2 Å². The van der Waals surface area contributed by atoms with Crippen LogP contribution in [0.1, 0.15) is 49.4 Å². The Morgan fingerprint density at radius 3 is 2.46 bits per heavy atom. The Bertz CT molecular complexity index is 674. The van der Waals surface area contributed by atoms with Crippen molar-refractivity contribution in [2.45, 2.75) is 51.3 Å². The Labute approximate surface area is 139 Å². The molecule has 0 unspecified atom stereocenters. The van der Waals surface area contributed by atoms with Gasteiger partial charge in [0.1, 0.15) is 0 Å². The molecule has 0 amide bonds. The maximum Gasteiger partial charge on any atom is 0.425 e. The number of carbonyl (C=O) groups excluding carboxylic acids is 1. The molecule has 0 saturated carbocycles. The first kappa shape index (κ1) is 18.3. The third-order valence-corrected chi connectivity index (χ3v) is 3.94. The molecule has 2 aromatic carbocycles. The molecular weight excluding hydrogens is 317 g/mol. The van der Waals surface area contributed by atoms with Crippen molar-refractivity contribution >= 4 is 16.7 Å². The molecule has 2 rings (SSSR count).